The predicted molar refractivity (Wildman–Crippen MR) is 63.4 cm³/mol. The van der Waals surface area contributed by atoms with Crippen molar-refractivity contribution in [2.24, 2.45) is 10.7 Å². The van der Waals surface area contributed by atoms with Gasteiger partial charge in [0, 0.05) is 0 Å². The van der Waals surface area contributed by atoms with Crippen molar-refractivity contribution in [1.82, 2.24) is 0 Å². The van der Waals surface area contributed by atoms with E-state index in [4.69, 9.17) is 17.3 Å². The van der Waals surface area contributed by atoms with Crippen LogP contribution in [0.15, 0.2) is 27.7 Å². The number of amidine groups is 1. The Bertz CT molecular complexity index is 322. The summed E-state index contributed by atoms with van der Waals surface area (Å²) >= 11 is 9.15. The number of benzene rings is 1. The second-order valence-electron chi connectivity index (χ2n) is 2.33. The summed E-state index contributed by atoms with van der Waals surface area (Å²) < 4.78 is 0.775. The molecule has 0 heterocycles. The highest BCUT2D eigenvalue weighted by Crippen LogP contribution is 2.31. The Morgan fingerprint density at radius 3 is 2.69 bits per heavy atom. The zero-order valence-corrected chi connectivity index (χ0v) is 10.1. The molecule has 0 unspecified atom stereocenters. The number of hydrogen-bond donors (Lipinski definition) is 1. The predicted octanol–water partition coefficient (Wildman–Crippen LogP) is 3.53. The minimum absolute atomic E-state index is 0. The summed E-state index contributed by atoms with van der Waals surface area (Å²) in [5, 5.41) is 0.637. The molecule has 5 heteroatoms. The van der Waals surface area contributed by atoms with Crippen LogP contribution in [0.1, 0.15) is 6.92 Å². The molecule has 0 atom stereocenters. The van der Waals surface area contributed by atoms with Crippen LogP contribution in [-0.4, -0.2) is 5.84 Å². The number of nitrogens with zero attached hydrogens (tertiary/aromatic N) is 1. The maximum absolute atomic E-state index is 5.84. The van der Waals surface area contributed by atoms with E-state index in [-0.39, 0.29) is 12.4 Å². The van der Waals surface area contributed by atoms with E-state index in [1.165, 1.54) is 0 Å². The summed E-state index contributed by atoms with van der Waals surface area (Å²) in [6, 6.07) is 5.46. The molecule has 2 N–H and O–H groups in total. The molecule has 0 saturated carbocycles. The van der Waals surface area contributed by atoms with Crippen molar-refractivity contribution in [2.45, 2.75) is 6.92 Å². The monoisotopic (exact) mass is 282 g/mol. The lowest BCUT2D eigenvalue weighted by molar-refractivity contribution is 1.43. The zero-order valence-electron chi connectivity index (χ0n) is 6.92. The lowest BCUT2D eigenvalue weighted by atomic mass is 10.3. The summed E-state index contributed by atoms with van der Waals surface area (Å²) in [7, 11) is 0. The van der Waals surface area contributed by atoms with Gasteiger partial charge in [0.2, 0.25) is 0 Å². The first-order valence-corrected chi connectivity index (χ1v) is 4.53. The highest BCUT2D eigenvalue weighted by molar-refractivity contribution is 9.10. The van der Waals surface area contributed by atoms with Crippen molar-refractivity contribution in [2.75, 3.05) is 0 Å². The van der Waals surface area contributed by atoms with Crippen molar-refractivity contribution in [3.63, 3.8) is 0 Å². The molecule has 0 radical (unpaired) electrons. The van der Waals surface area contributed by atoms with Crippen LogP contribution in [0.2, 0.25) is 5.02 Å². The van der Waals surface area contributed by atoms with Crippen molar-refractivity contribution < 1.29 is 0 Å². The van der Waals surface area contributed by atoms with E-state index in [1.54, 1.807) is 13.0 Å². The normalized spacial score (nSPS) is 10.8. The molecule has 1 aromatic carbocycles. The molecule has 0 spiro atoms. The first kappa shape index (κ1) is 12.8. The van der Waals surface area contributed by atoms with Gasteiger partial charge in [0.15, 0.2) is 0 Å². The van der Waals surface area contributed by atoms with Crippen LogP contribution in [0.4, 0.5) is 5.69 Å². The molecule has 0 aliphatic rings. The summed E-state index contributed by atoms with van der Waals surface area (Å²) in [5.41, 5.74) is 6.18. The Morgan fingerprint density at radius 1 is 1.54 bits per heavy atom. The quantitative estimate of drug-likeness (QED) is 0.621. The van der Waals surface area contributed by atoms with Crippen LogP contribution in [0.5, 0.6) is 0 Å². The Balaban J connectivity index is 0.00000144. The highest BCUT2D eigenvalue weighted by atomic mass is 79.9. The molecule has 0 fully saturated rings. The van der Waals surface area contributed by atoms with E-state index >= 15 is 0 Å². The van der Waals surface area contributed by atoms with Gasteiger partial charge in [0.05, 0.1) is 21.0 Å². The topological polar surface area (TPSA) is 38.4 Å². The van der Waals surface area contributed by atoms with Gasteiger partial charge in [0.25, 0.3) is 0 Å². The van der Waals surface area contributed by atoms with Gasteiger partial charge in [0.1, 0.15) is 0 Å². The first-order chi connectivity index (χ1) is 5.61. The Hall–Kier alpha value is -0.250. The standard InChI is InChI=1S/C8H8BrClN2.ClH/c1-5(11)12-7-4-2-3-6(10)8(7)9;/h2-4H,1H3,(H2,11,12);1H. The van der Waals surface area contributed by atoms with Gasteiger partial charge in [-0.15, -0.1) is 12.4 Å². The molecule has 0 aliphatic heterocycles. The molecule has 0 bridgehead atoms. The fourth-order valence-electron chi connectivity index (χ4n) is 0.769. The average molecular weight is 284 g/mol. The third kappa shape index (κ3) is 3.55. The van der Waals surface area contributed by atoms with E-state index in [0.29, 0.717) is 10.9 Å². The minimum Gasteiger partial charge on any atom is -0.387 e. The second kappa shape index (κ2) is 5.47. The number of rotatable bonds is 1. The van der Waals surface area contributed by atoms with Crippen LogP contribution in [0.25, 0.3) is 0 Å². The van der Waals surface area contributed by atoms with E-state index < -0.39 is 0 Å². The van der Waals surface area contributed by atoms with Crippen LogP contribution in [-0.2, 0) is 0 Å². The van der Waals surface area contributed by atoms with Crippen molar-refractivity contribution >= 4 is 51.5 Å². The molecule has 0 saturated heterocycles. The van der Waals surface area contributed by atoms with Crippen molar-refractivity contribution in [3.05, 3.63) is 27.7 Å². The van der Waals surface area contributed by atoms with E-state index in [0.717, 1.165) is 10.2 Å². The fourth-order valence-corrected chi connectivity index (χ4v) is 1.29. The largest absolute Gasteiger partial charge is 0.387 e. The minimum atomic E-state index is 0. The smallest absolute Gasteiger partial charge is 0.0965 e. The molecule has 72 valence electrons. The van der Waals surface area contributed by atoms with Crippen LogP contribution >= 0.6 is 39.9 Å². The molecular weight excluding hydrogens is 275 g/mol. The van der Waals surface area contributed by atoms with E-state index in [2.05, 4.69) is 20.9 Å². The Morgan fingerprint density at radius 2 is 2.15 bits per heavy atom. The van der Waals surface area contributed by atoms with Crippen molar-refractivity contribution in [3.8, 4) is 0 Å². The van der Waals surface area contributed by atoms with Gasteiger partial charge in [-0.05, 0) is 35.0 Å². The second-order valence-corrected chi connectivity index (χ2v) is 3.53. The van der Waals surface area contributed by atoms with Gasteiger partial charge < -0.3 is 5.73 Å². The lowest BCUT2D eigenvalue weighted by Gasteiger charge is -2.00. The van der Waals surface area contributed by atoms with Gasteiger partial charge in [-0.2, -0.15) is 0 Å². The third-order valence-corrected chi connectivity index (χ3v) is 2.60. The molecule has 1 aromatic rings. The summed E-state index contributed by atoms with van der Waals surface area (Å²) in [4.78, 5) is 4.08. The maximum Gasteiger partial charge on any atom is 0.0965 e. The number of aliphatic imine (C=N–C) groups is 1. The average Bonchev–Trinajstić information content (AvgIpc) is 1.98. The van der Waals surface area contributed by atoms with Gasteiger partial charge in [-0.25, -0.2) is 4.99 Å². The summed E-state index contributed by atoms with van der Waals surface area (Å²) in [5.74, 6) is 0.512. The highest BCUT2D eigenvalue weighted by Gasteiger charge is 2.01. The maximum atomic E-state index is 5.84. The molecule has 2 nitrogen and oxygen atoms in total. The Kier molecular flexibility index (Phi) is 5.37. The van der Waals surface area contributed by atoms with Gasteiger partial charge >= 0.3 is 0 Å². The SMILES string of the molecule is CC(N)=Nc1cccc(Cl)c1Br.Cl. The van der Waals surface area contributed by atoms with E-state index in [9.17, 15) is 0 Å². The Labute approximate surface area is 96.7 Å². The zero-order chi connectivity index (χ0) is 9.14. The number of nitrogens with two attached hydrogens (primary N) is 1. The molecule has 13 heavy (non-hydrogen) atoms. The number of halogens is 3. The molecule has 0 aromatic heterocycles. The van der Waals surface area contributed by atoms with Crippen LogP contribution in [0, 0.1) is 0 Å². The molecular formula is C8H9BrCl2N2. The molecule has 0 aliphatic carbocycles. The van der Waals surface area contributed by atoms with Gasteiger partial charge in [-0.3, -0.25) is 0 Å². The van der Waals surface area contributed by atoms with Crippen LogP contribution in [0.3, 0.4) is 0 Å². The summed E-state index contributed by atoms with van der Waals surface area (Å²) in [6.45, 7) is 1.73. The molecule has 0 amide bonds. The summed E-state index contributed by atoms with van der Waals surface area (Å²) in [6.07, 6.45) is 0. The van der Waals surface area contributed by atoms with E-state index in [1.807, 2.05) is 12.1 Å². The molecule has 1 rings (SSSR count). The third-order valence-electron chi connectivity index (χ3n) is 1.23. The lowest BCUT2D eigenvalue weighted by Crippen LogP contribution is -2.03. The first-order valence-electron chi connectivity index (χ1n) is 3.36. The fraction of sp³-hybridized carbons (Fsp3) is 0.125. The van der Waals surface area contributed by atoms with Crippen LogP contribution < -0.4 is 5.73 Å². The van der Waals surface area contributed by atoms with Gasteiger partial charge in [-0.1, -0.05) is 17.7 Å². The van der Waals surface area contributed by atoms with Crippen molar-refractivity contribution in [1.29, 1.82) is 0 Å². The number of hydrogen-bond acceptors (Lipinski definition) is 1.